The maximum Gasteiger partial charge on any atom is 0.251 e. The van der Waals surface area contributed by atoms with Crippen LogP contribution in [0.5, 0.6) is 5.75 Å². The van der Waals surface area contributed by atoms with Gasteiger partial charge < -0.3 is 18.8 Å². The van der Waals surface area contributed by atoms with Gasteiger partial charge in [0.1, 0.15) is 17.6 Å². The first-order valence-corrected chi connectivity index (χ1v) is 12.9. The van der Waals surface area contributed by atoms with Crippen molar-refractivity contribution in [3.8, 4) is 17.1 Å². The van der Waals surface area contributed by atoms with E-state index in [0.29, 0.717) is 51.0 Å². The third-order valence-electron chi connectivity index (χ3n) is 6.69. The number of fused-ring (bicyclic) bond motifs is 2. The number of anilines is 1. The highest BCUT2D eigenvalue weighted by molar-refractivity contribution is 7.99. The third-order valence-corrected chi connectivity index (χ3v) is 7.99. The van der Waals surface area contributed by atoms with Gasteiger partial charge in [-0.05, 0) is 35.7 Å². The predicted molar refractivity (Wildman–Crippen MR) is 134 cm³/mol. The molecule has 6 rings (SSSR count). The van der Waals surface area contributed by atoms with Gasteiger partial charge in [-0.3, -0.25) is 9.69 Å². The molecule has 0 atom stereocenters. The number of likely N-dealkylation sites (tertiary alicyclic amines) is 1. The van der Waals surface area contributed by atoms with Crippen molar-refractivity contribution in [1.29, 1.82) is 0 Å². The highest BCUT2D eigenvalue weighted by Crippen LogP contribution is 2.45. The van der Waals surface area contributed by atoms with Crippen LogP contribution in [0.25, 0.3) is 11.3 Å². The molecule has 2 fully saturated rings. The number of alkyl halides is 2. The fourth-order valence-corrected chi connectivity index (χ4v) is 6.06. The summed E-state index contributed by atoms with van der Waals surface area (Å²) in [7, 11) is 0. The lowest BCUT2D eigenvalue weighted by Crippen LogP contribution is -2.55. The van der Waals surface area contributed by atoms with Crippen molar-refractivity contribution in [3.63, 3.8) is 0 Å². The molecule has 3 aromatic rings. The Morgan fingerprint density at radius 2 is 1.89 bits per heavy atom. The maximum atomic E-state index is 12.5. The van der Waals surface area contributed by atoms with Gasteiger partial charge in [0.15, 0.2) is 11.3 Å². The summed E-state index contributed by atoms with van der Waals surface area (Å²) < 4.78 is 42.7. The second-order valence-electron chi connectivity index (χ2n) is 9.29. The number of morpholine rings is 1. The van der Waals surface area contributed by atoms with Crippen LogP contribution in [0.1, 0.15) is 11.1 Å². The lowest BCUT2D eigenvalue weighted by atomic mass is 10.0. The van der Waals surface area contributed by atoms with Gasteiger partial charge in [0, 0.05) is 53.7 Å². The smallest absolute Gasteiger partial charge is 0.251 e. The Labute approximate surface area is 211 Å². The number of hydrogen-bond acceptors (Lipinski definition) is 7. The fraction of sp³-hybridized carbons (Fsp3) is 0.370. The van der Waals surface area contributed by atoms with Crippen molar-refractivity contribution < 1.29 is 22.7 Å². The van der Waals surface area contributed by atoms with Gasteiger partial charge in [0.2, 0.25) is 0 Å². The molecule has 188 valence electrons. The van der Waals surface area contributed by atoms with Gasteiger partial charge in [0.05, 0.1) is 19.8 Å². The van der Waals surface area contributed by atoms with E-state index in [0.717, 1.165) is 38.7 Å². The second-order valence-corrected chi connectivity index (χ2v) is 10.3. The van der Waals surface area contributed by atoms with Crippen LogP contribution in [0.2, 0.25) is 0 Å². The Hall–Kier alpha value is -2.88. The number of halogens is 2. The highest BCUT2D eigenvalue weighted by atomic mass is 32.2. The van der Waals surface area contributed by atoms with Crippen molar-refractivity contribution in [1.82, 2.24) is 4.90 Å². The minimum absolute atomic E-state index is 0.0569. The summed E-state index contributed by atoms with van der Waals surface area (Å²) in [4.78, 5) is 18.5. The fourth-order valence-electron chi connectivity index (χ4n) is 4.89. The van der Waals surface area contributed by atoms with E-state index in [1.165, 1.54) is 0 Å². The van der Waals surface area contributed by atoms with Crippen LogP contribution >= 0.6 is 11.8 Å². The first-order valence-electron chi connectivity index (χ1n) is 12.1. The first kappa shape index (κ1) is 23.5. The Balaban J connectivity index is 1.22. The summed E-state index contributed by atoms with van der Waals surface area (Å²) >= 11 is 1.66. The van der Waals surface area contributed by atoms with Gasteiger partial charge in [-0.25, -0.2) is 8.78 Å². The zero-order chi connectivity index (χ0) is 24.6. The van der Waals surface area contributed by atoms with Crippen LogP contribution in [0, 0.1) is 0 Å². The standard InChI is InChI=1S/C27H26F2N2O4S/c28-25(29)16-30-14-21(15-30)34-20-4-5-24-18(11-20)10-17-2-1-3-22(27(17)36-24)23-12-19(32)13-26(35-23)31-6-8-33-9-7-31/h1-5,11-13,21,25H,6-10,14-16H2. The SMILES string of the molecule is O=c1cc(-c2cccc3c2Sc2ccc(OC4CN(CC(F)F)C4)cc2C3)oc(N2CCOCC2)c1. The largest absolute Gasteiger partial charge is 0.488 e. The molecule has 4 heterocycles. The first-order chi connectivity index (χ1) is 17.5. The number of rotatable bonds is 6. The van der Waals surface area contributed by atoms with Crippen molar-refractivity contribution in [2.45, 2.75) is 28.7 Å². The van der Waals surface area contributed by atoms with Crippen LogP contribution in [0.4, 0.5) is 14.7 Å². The van der Waals surface area contributed by atoms with Gasteiger partial charge >= 0.3 is 0 Å². The minimum Gasteiger partial charge on any atom is -0.488 e. The van der Waals surface area contributed by atoms with Gasteiger partial charge in [-0.2, -0.15) is 0 Å². The molecule has 0 amide bonds. The van der Waals surface area contributed by atoms with Gasteiger partial charge in [-0.1, -0.05) is 30.0 Å². The molecule has 3 aliphatic rings. The van der Waals surface area contributed by atoms with Crippen LogP contribution < -0.4 is 15.1 Å². The Kier molecular flexibility index (Phi) is 6.45. The molecule has 9 heteroatoms. The Bertz CT molecular complexity index is 1320. The summed E-state index contributed by atoms with van der Waals surface area (Å²) in [5, 5.41) is 0. The topological polar surface area (TPSA) is 55.2 Å². The lowest BCUT2D eigenvalue weighted by molar-refractivity contribution is -0.0165. The molecule has 1 aromatic heterocycles. The molecule has 0 aliphatic carbocycles. The van der Waals surface area contributed by atoms with Crippen LogP contribution in [-0.2, 0) is 11.2 Å². The van der Waals surface area contributed by atoms with Crippen molar-refractivity contribution in [3.05, 3.63) is 69.9 Å². The van der Waals surface area contributed by atoms with Crippen LogP contribution in [0.15, 0.2) is 67.5 Å². The van der Waals surface area contributed by atoms with E-state index in [1.54, 1.807) is 28.8 Å². The molecular weight excluding hydrogens is 486 g/mol. The van der Waals surface area contributed by atoms with E-state index < -0.39 is 6.43 Å². The molecule has 6 nitrogen and oxygen atoms in total. The molecule has 2 saturated heterocycles. The van der Waals surface area contributed by atoms with E-state index in [1.807, 2.05) is 35.2 Å². The monoisotopic (exact) mass is 512 g/mol. The molecule has 3 aliphatic heterocycles. The zero-order valence-electron chi connectivity index (χ0n) is 19.6. The van der Waals surface area contributed by atoms with Crippen LogP contribution in [0.3, 0.4) is 0 Å². The van der Waals surface area contributed by atoms with E-state index in [2.05, 4.69) is 6.07 Å². The zero-order valence-corrected chi connectivity index (χ0v) is 20.4. The minimum atomic E-state index is -2.31. The van der Waals surface area contributed by atoms with E-state index in [4.69, 9.17) is 13.9 Å². The normalized spacial score (nSPS) is 18.0. The molecular formula is C27H26F2N2O4S. The summed E-state index contributed by atoms with van der Waals surface area (Å²) in [6.07, 6.45) is -1.64. The Morgan fingerprint density at radius 3 is 2.69 bits per heavy atom. The third kappa shape index (κ3) is 4.87. The van der Waals surface area contributed by atoms with Crippen LogP contribution in [-0.4, -0.2) is 63.4 Å². The maximum absolute atomic E-state index is 12.5. The number of ether oxygens (including phenoxy) is 2. The highest BCUT2D eigenvalue weighted by Gasteiger charge is 2.30. The van der Waals surface area contributed by atoms with Crippen molar-refractivity contribution in [2.24, 2.45) is 0 Å². The average Bonchev–Trinajstić information content (AvgIpc) is 2.85. The number of nitrogens with zero attached hydrogens (tertiary/aromatic N) is 2. The summed E-state index contributed by atoms with van der Waals surface area (Å²) in [5.41, 5.74) is 3.15. The van der Waals surface area contributed by atoms with E-state index in [9.17, 15) is 13.6 Å². The summed E-state index contributed by atoms with van der Waals surface area (Å²) in [5.74, 6) is 1.90. The van der Waals surface area contributed by atoms with E-state index >= 15 is 0 Å². The molecule has 0 bridgehead atoms. The molecule has 0 unspecified atom stereocenters. The Morgan fingerprint density at radius 1 is 1.06 bits per heavy atom. The molecule has 0 saturated carbocycles. The van der Waals surface area contributed by atoms with Crippen molar-refractivity contribution in [2.75, 3.05) is 50.8 Å². The number of benzene rings is 2. The second kappa shape index (κ2) is 9.88. The molecule has 2 aromatic carbocycles. The number of hydrogen-bond donors (Lipinski definition) is 0. The quantitative estimate of drug-likeness (QED) is 0.376. The average molecular weight is 513 g/mol. The summed E-state index contributed by atoms with van der Waals surface area (Å²) in [6.45, 7) is 3.46. The van der Waals surface area contributed by atoms with Gasteiger partial charge in [-0.15, -0.1) is 0 Å². The van der Waals surface area contributed by atoms with Crippen molar-refractivity contribution >= 4 is 17.6 Å². The molecule has 0 radical (unpaired) electrons. The lowest BCUT2D eigenvalue weighted by Gasteiger charge is -2.38. The van der Waals surface area contributed by atoms with E-state index in [-0.39, 0.29) is 18.1 Å². The molecule has 0 spiro atoms. The molecule has 0 N–H and O–H groups in total. The van der Waals surface area contributed by atoms with Gasteiger partial charge in [0.25, 0.3) is 6.43 Å². The predicted octanol–water partition coefficient (Wildman–Crippen LogP) is 4.53. The molecule has 36 heavy (non-hydrogen) atoms. The summed E-state index contributed by atoms with van der Waals surface area (Å²) in [6, 6.07) is 15.2.